The van der Waals surface area contributed by atoms with Gasteiger partial charge in [-0.05, 0) is 36.1 Å². The molecule has 6 nitrogen and oxygen atoms in total. The average Bonchev–Trinajstić information content (AvgIpc) is 2.72. The minimum Gasteiger partial charge on any atom is -0.497 e. The maximum Gasteiger partial charge on any atom is 0.342 e. The van der Waals surface area contributed by atoms with Crippen molar-refractivity contribution in [3.05, 3.63) is 65.7 Å². The first kappa shape index (κ1) is 20.0. The number of thioether (sulfide) groups is 2. The number of nitrogens with zero attached hydrogens (tertiary/aromatic N) is 2. The Morgan fingerprint density at radius 2 is 1.82 bits per heavy atom. The van der Waals surface area contributed by atoms with Crippen molar-refractivity contribution < 1.29 is 14.6 Å². The van der Waals surface area contributed by atoms with Gasteiger partial charge < -0.3 is 15.2 Å². The van der Waals surface area contributed by atoms with Gasteiger partial charge in [0.2, 0.25) is 0 Å². The van der Waals surface area contributed by atoms with E-state index in [2.05, 4.69) is 15.3 Å². The van der Waals surface area contributed by atoms with E-state index in [1.807, 2.05) is 60.9 Å². The second-order valence-corrected chi connectivity index (χ2v) is 7.41. The molecule has 0 radical (unpaired) electrons. The number of nitrogens with one attached hydrogen (secondary N) is 1. The van der Waals surface area contributed by atoms with Gasteiger partial charge in [0.05, 0.1) is 7.11 Å². The molecule has 3 aromatic rings. The Bertz CT molecular complexity index is 951. The van der Waals surface area contributed by atoms with Crippen LogP contribution in [0.4, 0.5) is 11.5 Å². The van der Waals surface area contributed by atoms with Crippen LogP contribution in [0.1, 0.15) is 15.9 Å². The minimum absolute atomic E-state index is 0.0696. The predicted molar refractivity (Wildman–Crippen MR) is 113 cm³/mol. The summed E-state index contributed by atoms with van der Waals surface area (Å²) in [5, 5.41) is 13.9. The first-order valence-electron chi connectivity index (χ1n) is 8.38. The lowest BCUT2D eigenvalue weighted by molar-refractivity contribution is 0.0692. The summed E-state index contributed by atoms with van der Waals surface area (Å²) >= 11 is 2.74. The third kappa shape index (κ3) is 4.96. The molecule has 1 aromatic heterocycles. The molecule has 0 saturated heterocycles. The third-order valence-electron chi connectivity index (χ3n) is 3.82. The number of hydrogen-bond donors (Lipinski definition) is 2. The zero-order valence-electron chi connectivity index (χ0n) is 15.4. The number of hydrogen-bond acceptors (Lipinski definition) is 7. The Kier molecular flexibility index (Phi) is 6.78. The summed E-state index contributed by atoms with van der Waals surface area (Å²) in [6.07, 6.45) is 1.86. The van der Waals surface area contributed by atoms with E-state index in [1.54, 1.807) is 7.11 Å². The van der Waals surface area contributed by atoms with Crippen molar-refractivity contribution in [3.8, 4) is 5.75 Å². The number of anilines is 2. The SMILES string of the molecule is COc1ccc(CSc2nc(SC)nc(Nc3ccccc3)c2C(=O)O)cc1. The standard InChI is InChI=1S/C20H19N3O3S2/c1-26-15-10-8-13(9-11-15)12-28-18-16(19(24)25)17(22-20(23-18)27-2)21-14-6-4-3-5-7-14/h3-11H,12H2,1-2H3,(H,24,25)(H,21,22,23). The van der Waals surface area contributed by atoms with E-state index in [1.165, 1.54) is 23.5 Å². The Balaban J connectivity index is 1.91. The van der Waals surface area contributed by atoms with E-state index in [0.29, 0.717) is 15.9 Å². The van der Waals surface area contributed by atoms with Gasteiger partial charge in [0.15, 0.2) is 11.0 Å². The third-order valence-corrected chi connectivity index (χ3v) is 5.42. The highest BCUT2D eigenvalue weighted by Gasteiger charge is 2.21. The van der Waals surface area contributed by atoms with Crippen LogP contribution in [0, 0.1) is 0 Å². The second-order valence-electron chi connectivity index (χ2n) is 5.67. The van der Waals surface area contributed by atoms with Crippen LogP contribution < -0.4 is 10.1 Å². The van der Waals surface area contributed by atoms with Crippen LogP contribution in [-0.4, -0.2) is 34.4 Å². The van der Waals surface area contributed by atoms with Crippen LogP contribution >= 0.6 is 23.5 Å². The van der Waals surface area contributed by atoms with Gasteiger partial charge in [0, 0.05) is 11.4 Å². The molecule has 0 aliphatic heterocycles. The number of benzene rings is 2. The monoisotopic (exact) mass is 413 g/mol. The van der Waals surface area contributed by atoms with Gasteiger partial charge in [0.25, 0.3) is 0 Å². The molecule has 144 valence electrons. The summed E-state index contributed by atoms with van der Waals surface area (Å²) in [5.74, 6) is 0.583. The van der Waals surface area contributed by atoms with Gasteiger partial charge in [-0.15, -0.1) is 11.8 Å². The molecule has 8 heteroatoms. The lowest BCUT2D eigenvalue weighted by atomic mass is 10.2. The summed E-state index contributed by atoms with van der Waals surface area (Å²) in [7, 11) is 1.62. The first-order chi connectivity index (χ1) is 13.6. The summed E-state index contributed by atoms with van der Waals surface area (Å²) < 4.78 is 5.17. The van der Waals surface area contributed by atoms with Crippen LogP contribution in [0.3, 0.4) is 0 Å². The maximum atomic E-state index is 12.0. The van der Waals surface area contributed by atoms with Crippen molar-refractivity contribution >= 4 is 41.0 Å². The molecule has 28 heavy (non-hydrogen) atoms. The molecule has 0 bridgehead atoms. The van der Waals surface area contributed by atoms with Crippen LogP contribution in [-0.2, 0) is 5.75 Å². The van der Waals surface area contributed by atoms with Crippen molar-refractivity contribution in [2.45, 2.75) is 15.9 Å². The van der Waals surface area contributed by atoms with Gasteiger partial charge in [-0.1, -0.05) is 42.1 Å². The Morgan fingerprint density at radius 1 is 1.11 bits per heavy atom. The lowest BCUT2D eigenvalue weighted by Gasteiger charge is -2.13. The van der Waals surface area contributed by atoms with Crippen molar-refractivity contribution in [1.82, 2.24) is 9.97 Å². The summed E-state index contributed by atoms with van der Waals surface area (Å²) in [4.78, 5) is 20.8. The van der Waals surface area contributed by atoms with E-state index in [0.717, 1.165) is 17.0 Å². The fraction of sp³-hybridized carbons (Fsp3) is 0.150. The molecule has 0 amide bonds. The molecule has 1 heterocycles. The summed E-state index contributed by atoms with van der Waals surface area (Å²) in [6, 6.07) is 17.0. The molecule has 0 unspecified atom stereocenters. The van der Waals surface area contributed by atoms with Gasteiger partial charge in [-0.3, -0.25) is 0 Å². The van der Waals surface area contributed by atoms with Crippen molar-refractivity contribution in [1.29, 1.82) is 0 Å². The highest BCUT2D eigenvalue weighted by atomic mass is 32.2. The number of carboxylic acid groups (broad SMARTS) is 1. The average molecular weight is 414 g/mol. The normalized spacial score (nSPS) is 10.5. The highest BCUT2D eigenvalue weighted by molar-refractivity contribution is 7.99. The van der Waals surface area contributed by atoms with E-state index >= 15 is 0 Å². The van der Waals surface area contributed by atoms with Gasteiger partial charge in [-0.2, -0.15) is 0 Å². The van der Waals surface area contributed by atoms with E-state index in [9.17, 15) is 9.90 Å². The van der Waals surface area contributed by atoms with Crippen LogP contribution in [0.5, 0.6) is 5.75 Å². The molecule has 0 spiro atoms. The first-order valence-corrected chi connectivity index (χ1v) is 10.6. The molecule has 0 fully saturated rings. The molecule has 0 aliphatic rings. The molecule has 2 aromatic carbocycles. The Labute approximate surface area is 171 Å². The molecule has 0 atom stereocenters. The zero-order valence-corrected chi connectivity index (χ0v) is 17.0. The quantitative estimate of drug-likeness (QED) is 0.305. The molecule has 2 N–H and O–H groups in total. The second kappa shape index (κ2) is 9.48. The molecular formula is C20H19N3O3S2. The van der Waals surface area contributed by atoms with Crippen LogP contribution in [0.25, 0.3) is 0 Å². The number of aromatic carboxylic acids is 1. The van der Waals surface area contributed by atoms with Gasteiger partial charge >= 0.3 is 5.97 Å². The maximum absolute atomic E-state index is 12.0. The number of carbonyl (C=O) groups is 1. The lowest BCUT2D eigenvalue weighted by Crippen LogP contribution is -2.10. The number of aromatic nitrogens is 2. The number of carboxylic acids is 1. The van der Waals surface area contributed by atoms with Crippen molar-refractivity contribution in [2.24, 2.45) is 0 Å². The molecular weight excluding hydrogens is 394 g/mol. The van der Waals surface area contributed by atoms with E-state index in [4.69, 9.17) is 4.74 Å². The van der Waals surface area contributed by atoms with Gasteiger partial charge in [0.1, 0.15) is 16.3 Å². The molecule has 3 rings (SSSR count). The summed E-state index contributed by atoms with van der Waals surface area (Å²) in [5.41, 5.74) is 1.88. The number of rotatable bonds is 8. The molecule has 0 saturated carbocycles. The van der Waals surface area contributed by atoms with Crippen molar-refractivity contribution in [3.63, 3.8) is 0 Å². The number of methoxy groups -OCH3 is 1. The Morgan fingerprint density at radius 3 is 2.43 bits per heavy atom. The summed E-state index contributed by atoms with van der Waals surface area (Å²) in [6.45, 7) is 0. The predicted octanol–water partition coefficient (Wildman–Crippen LogP) is 4.94. The van der Waals surface area contributed by atoms with Crippen LogP contribution in [0.2, 0.25) is 0 Å². The van der Waals surface area contributed by atoms with Crippen LogP contribution in [0.15, 0.2) is 64.8 Å². The zero-order chi connectivity index (χ0) is 19.9. The minimum atomic E-state index is -1.07. The smallest absolute Gasteiger partial charge is 0.342 e. The van der Waals surface area contributed by atoms with Crippen molar-refractivity contribution in [2.75, 3.05) is 18.7 Å². The van der Waals surface area contributed by atoms with E-state index in [-0.39, 0.29) is 11.4 Å². The molecule has 0 aliphatic carbocycles. The number of ether oxygens (including phenoxy) is 1. The van der Waals surface area contributed by atoms with Gasteiger partial charge in [-0.25, -0.2) is 14.8 Å². The number of para-hydroxylation sites is 1. The van der Waals surface area contributed by atoms with E-state index < -0.39 is 5.97 Å². The Hall–Kier alpha value is -2.71. The fourth-order valence-electron chi connectivity index (χ4n) is 2.43. The topological polar surface area (TPSA) is 84.3 Å². The largest absolute Gasteiger partial charge is 0.497 e. The fourth-order valence-corrected chi connectivity index (χ4v) is 3.83. The highest BCUT2D eigenvalue weighted by Crippen LogP contribution is 2.32.